The normalized spacial score (nSPS) is 12.1. The number of nitrogens with zero attached hydrogens (tertiary/aromatic N) is 7. The Morgan fingerprint density at radius 1 is 1.00 bits per heavy atom. The zero-order chi connectivity index (χ0) is 17.7. The van der Waals surface area contributed by atoms with E-state index in [1.54, 1.807) is 4.52 Å². The lowest BCUT2D eigenvalue weighted by Gasteiger charge is -2.03. The zero-order valence-corrected chi connectivity index (χ0v) is 14.2. The van der Waals surface area contributed by atoms with Gasteiger partial charge in [0.2, 0.25) is 5.65 Å². The van der Waals surface area contributed by atoms with Crippen LogP contribution in [0.25, 0.3) is 27.5 Å². The molecule has 3 aromatic heterocycles. The summed E-state index contributed by atoms with van der Waals surface area (Å²) in [5.74, 6) is 0.515. The highest BCUT2D eigenvalue weighted by atomic mass is 15.3. The van der Waals surface area contributed by atoms with Crippen LogP contribution in [-0.4, -0.2) is 30.0 Å². The predicted molar refractivity (Wildman–Crippen MR) is 98.0 cm³/mol. The average molecular weight is 342 g/mol. The summed E-state index contributed by atoms with van der Waals surface area (Å²) in [4.78, 5) is 0. The summed E-state index contributed by atoms with van der Waals surface area (Å²) < 4.78 is 1.77. The molecular weight excluding hydrogens is 328 g/mol. The summed E-state index contributed by atoms with van der Waals surface area (Å²) in [6.07, 6.45) is 0. The molecule has 8 nitrogen and oxygen atoms in total. The van der Waals surface area contributed by atoms with Crippen LogP contribution in [-0.2, 0) is 0 Å². The minimum Gasteiger partial charge on any atom is -0.281 e. The van der Waals surface area contributed by atoms with Gasteiger partial charge in [-0.15, -0.1) is 20.4 Å². The molecule has 0 fully saturated rings. The maximum absolute atomic E-state index is 4.60. The number of H-pyrrole nitrogens is 1. The van der Waals surface area contributed by atoms with Crippen molar-refractivity contribution in [3.63, 3.8) is 0 Å². The fourth-order valence-electron chi connectivity index (χ4n) is 3.05. The van der Waals surface area contributed by atoms with Gasteiger partial charge in [-0.05, 0) is 25.3 Å². The van der Waals surface area contributed by atoms with Gasteiger partial charge in [0.05, 0.1) is 11.2 Å². The van der Waals surface area contributed by atoms with Crippen molar-refractivity contribution in [2.75, 3.05) is 0 Å². The minimum atomic E-state index is 0.515. The van der Waals surface area contributed by atoms with E-state index in [1.807, 2.05) is 44.2 Å². The molecule has 0 radical (unpaired) electrons. The highest BCUT2D eigenvalue weighted by Crippen LogP contribution is 2.29. The molecule has 0 unspecified atom stereocenters. The average Bonchev–Trinajstić information content (AvgIpc) is 3.22. The van der Waals surface area contributed by atoms with Crippen molar-refractivity contribution in [3.8, 4) is 0 Å². The number of aromatic nitrogens is 6. The number of fused-ring (bicyclic) bond motifs is 5. The highest BCUT2D eigenvalue weighted by Gasteiger charge is 2.15. The quantitative estimate of drug-likeness (QED) is 0.384. The number of hydrogen-bond acceptors (Lipinski definition) is 6. The Bertz CT molecular complexity index is 1310. The van der Waals surface area contributed by atoms with Crippen molar-refractivity contribution in [1.29, 1.82) is 0 Å². The highest BCUT2D eigenvalue weighted by molar-refractivity contribution is 6.04. The monoisotopic (exact) mass is 342 g/mol. The molecule has 0 amide bonds. The maximum Gasteiger partial charge on any atom is 0.206 e. The second kappa shape index (κ2) is 5.41. The van der Waals surface area contributed by atoms with Crippen molar-refractivity contribution in [2.45, 2.75) is 13.8 Å². The first-order valence-electron chi connectivity index (χ1n) is 8.18. The Hall–Kier alpha value is -3.68. The van der Waals surface area contributed by atoms with Crippen LogP contribution in [0.4, 0.5) is 11.5 Å². The molecule has 0 aliphatic heterocycles. The van der Waals surface area contributed by atoms with Gasteiger partial charge in [0, 0.05) is 17.1 Å². The molecule has 8 heteroatoms. The third-order valence-corrected chi connectivity index (χ3v) is 4.30. The van der Waals surface area contributed by atoms with Crippen LogP contribution in [0.2, 0.25) is 0 Å². The minimum absolute atomic E-state index is 0.515. The van der Waals surface area contributed by atoms with Crippen LogP contribution < -0.4 is 0 Å². The first-order chi connectivity index (χ1) is 12.7. The summed E-state index contributed by atoms with van der Waals surface area (Å²) in [7, 11) is 0. The summed E-state index contributed by atoms with van der Waals surface area (Å²) >= 11 is 0. The van der Waals surface area contributed by atoms with Gasteiger partial charge in [-0.25, -0.2) is 4.52 Å². The van der Waals surface area contributed by atoms with E-state index in [2.05, 4.69) is 47.9 Å². The van der Waals surface area contributed by atoms with Crippen molar-refractivity contribution in [3.05, 3.63) is 53.9 Å². The van der Waals surface area contributed by atoms with Crippen molar-refractivity contribution < 1.29 is 0 Å². The molecule has 5 aromatic rings. The molecule has 26 heavy (non-hydrogen) atoms. The van der Waals surface area contributed by atoms with Gasteiger partial charge in [0.25, 0.3) is 0 Å². The van der Waals surface area contributed by atoms with Crippen molar-refractivity contribution in [1.82, 2.24) is 30.0 Å². The molecule has 3 heterocycles. The number of azo groups is 1. The van der Waals surface area contributed by atoms with E-state index in [1.165, 1.54) is 0 Å². The van der Waals surface area contributed by atoms with E-state index in [9.17, 15) is 0 Å². The summed E-state index contributed by atoms with van der Waals surface area (Å²) in [5, 5.41) is 30.9. The van der Waals surface area contributed by atoms with Gasteiger partial charge in [0.15, 0.2) is 11.5 Å². The Morgan fingerprint density at radius 3 is 2.73 bits per heavy atom. The molecule has 5 rings (SSSR count). The molecule has 126 valence electrons. The lowest BCUT2D eigenvalue weighted by Crippen LogP contribution is -1.96. The third kappa shape index (κ3) is 2.16. The van der Waals surface area contributed by atoms with Crippen LogP contribution in [0.15, 0.2) is 52.7 Å². The van der Waals surface area contributed by atoms with Crippen LogP contribution >= 0.6 is 0 Å². The summed E-state index contributed by atoms with van der Waals surface area (Å²) in [5.41, 5.74) is 4.51. The van der Waals surface area contributed by atoms with Gasteiger partial charge in [-0.1, -0.05) is 30.3 Å². The maximum atomic E-state index is 4.60. The molecular formula is C18H14N8. The first-order valence-corrected chi connectivity index (χ1v) is 8.18. The van der Waals surface area contributed by atoms with E-state index in [-0.39, 0.29) is 0 Å². The van der Waals surface area contributed by atoms with Crippen LogP contribution in [0.5, 0.6) is 0 Å². The largest absolute Gasteiger partial charge is 0.281 e. The molecule has 0 atom stereocenters. The second-order valence-corrected chi connectivity index (χ2v) is 6.13. The number of hydrogen-bond donors (Lipinski definition) is 1. The van der Waals surface area contributed by atoms with Crippen molar-refractivity contribution >= 4 is 39.0 Å². The van der Waals surface area contributed by atoms with Gasteiger partial charge >= 0.3 is 0 Å². The lowest BCUT2D eigenvalue weighted by atomic mass is 10.1. The SMILES string of the molecule is Cc1cc(N=Nc2c(C)nn3c2nnc2c4ccccc4ccc23)n[nH]1. The van der Waals surface area contributed by atoms with Crippen LogP contribution in [0.1, 0.15) is 11.4 Å². The first kappa shape index (κ1) is 14.6. The Labute approximate surface area is 147 Å². The molecule has 0 bridgehead atoms. The Morgan fingerprint density at radius 2 is 1.88 bits per heavy atom. The van der Waals surface area contributed by atoms with Gasteiger partial charge in [0.1, 0.15) is 5.52 Å². The summed E-state index contributed by atoms with van der Waals surface area (Å²) in [6.45, 7) is 3.79. The van der Waals surface area contributed by atoms with E-state index in [4.69, 9.17) is 0 Å². The van der Waals surface area contributed by atoms with E-state index in [0.717, 1.165) is 33.2 Å². The van der Waals surface area contributed by atoms with Crippen molar-refractivity contribution in [2.24, 2.45) is 10.2 Å². The molecule has 0 aliphatic rings. The van der Waals surface area contributed by atoms with Gasteiger partial charge in [-0.3, -0.25) is 5.10 Å². The molecule has 1 N–H and O–H groups in total. The Kier molecular flexibility index (Phi) is 3.05. The zero-order valence-electron chi connectivity index (χ0n) is 14.2. The van der Waals surface area contributed by atoms with Crippen LogP contribution in [0, 0.1) is 13.8 Å². The number of aryl methyl sites for hydroxylation is 2. The Balaban J connectivity index is 1.73. The molecule has 2 aromatic carbocycles. The molecule has 0 spiro atoms. The van der Waals surface area contributed by atoms with Gasteiger partial charge in [-0.2, -0.15) is 10.2 Å². The number of benzene rings is 2. The summed E-state index contributed by atoms with van der Waals surface area (Å²) in [6, 6.07) is 14.0. The van der Waals surface area contributed by atoms with Crippen LogP contribution in [0.3, 0.4) is 0 Å². The van der Waals surface area contributed by atoms with E-state index in [0.29, 0.717) is 17.2 Å². The lowest BCUT2D eigenvalue weighted by molar-refractivity contribution is 0.927. The van der Waals surface area contributed by atoms with E-state index < -0.39 is 0 Å². The standard InChI is InChI=1S/C18H14N8/c1-10-9-15(20-19-10)21-22-16-11(2)25-26-14-8-7-12-5-3-4-6-13(12)17(14)23-24-18(16)26/h3-9H,1-2H3,(H,19,20). The predicted octanol–water partition coefficient (Wildman–Crippen LogP) is 4.19. The van der Waals surface area contributed by atoms with E-state index >= 15 is 0 Å². The topological polar surface area (TPSA) is 96.5 Å². The number of aromatic amines is 1. The third-order valence-electron chi connectivity index (χ3n) is 4.30. The fraction of sp³-hybridized carbons (Fsp3) is 0.111. The number of rotatable bonds is 2. The molecule has 0 saturated heterocycles. The fourth-order valence-corrected chi connectivity index (χ4v) is 3.05. The molecule has 0 aliphatic carbocycles. The van der Waals surface area contributed by atoms with Gasteiger partial charge < -0.3 is 0 Å². The number of nitrogens with one attached hydrogen (secondary N) is 1. The smallest absolute Gasteiger partial charge is 0.206 e. The molecule has 0 saturated carbocycles. The second-order valence-electron chi connectivity index (χ2n) is 6.13.